The van der Waals surface area contributed by atoms with Crippen LogP contribution in [0.5, 0.6) is 5.75 Å². The van der Waals surface area contributed by atoms with E-state index in [2.05, 4.69) is 6.92 Å². The Morgan fingerprint density at radius 3 is 3.00 bits per heavy atom. The Bertz CT molecular complexity index is 490. The average Bonchev–Trinajstić information content (AvgIpc) is 2.62. The summed E-state index contributed by atoms with van der Waals surface area (Å²) in [6.07, 6.45) is 8.36. The van der Waals surface area contributed by atoms with E-state index in [1.54, 1.807) is 0 Å². The number of ether oxygens (including phenoxy) is 1. The van der Waals surface area contributed by atoms with E-state index in [4.69, 9.17) is 22.1 Å². The summed E-state index contributed by atoms with van der Waals surface area (Å²) in [6.45, 7) is 2.30. The van der Waals surface area contributed by atoms with E-state index in [1.807, 2.05) is 18.2 Å². The molecule has 0 radical (unpaired) electrons. The predicted molar refractivity (Wildman–Crippen MR) is 83.2 cm³/mol. The lowest BCUT2D eigenvalue weighted by Gasteiger charge is -2.41. The van der Waals surface area contributed by atoms with Crippen molar-refractivity contribution in [2.75, 3.05) is 0 Å². The zero-order chi connectivity index (χ0) is 14.2. The molecule has 1 aliphatic heterocycles. The first-order valence-electron chi connectivity index (χ1n) is 7.86. The average molecular weight is 294 g/mol. The van der Waals surface area contributed by atoms with Crippen molar-refractivity contribution in [2.45, 2.75) is 63.5 Å². The molecule has 2 aliphatic rings. The first-order chi connectivity index (χ1) is 9.62. The van der Waals surface area contributed by atoms with E-state index in [-0.39, 0.29) is 11.6 Å². The largest absolute Gasteiger partial charge is 0.487 e. The number of hydrogen-bond donors (Lipinski definition) is 1. The molecule has 1 aromatic rings. The molecular weight excluding hydrogens is 270 g/mol. The maximum atomic E-state index is 6.42. The molecule has 2 N–H and O–H groups in total. The molecule has 0 bridgehead atoms. The van der Waals surface area contributed by atoms with Crippen molar-refractivity contribution >= 4 is 11.6 Å². The van der Waals surface area contributed by atoms with Crippen LogP contribution >= 0.6 is 11.6 Å². The van der Waals surface area contributed by atoms with Crippen molar-refractivity contribution in [3.05, 3.63) is 28.8 Å². The van der Waals surface area contributed by atoms with E-state index in [0.29, 0.717) is 0 Å². The normalized spacial score (nSPS) is 33.4. The quantitative estimate of drug-likeness (QED) is 0.803. The summed E-state index contributed by atoms with van der Waals surface area (Å²) in [5.74, 6) is 1.81. The van der Waals surface area contributed by atoms with E-state index >= 15 is 0 Å². The number of fused-ring (bicyclic) bond motifs is 1. The van der Waals surface area contributed by atoms with Gasteiger partial charge in [-0.3, -0.25) is 0 Å². The minimum absolute atomic E-state index is 0.0375. The second-order valence-corrected chi connectivity index (χ2v) is 6.92. The van der Waals surface area contributed by atoms with Crippen LogP contribution in [0.2, 0.25) is 5.02 Å². The Kier molecular flexibility index (Phi) is 3.96. The second-order valence-electron chi connectivity index (χ2n) is 6.48. The molecule has 0 aromatic heterocycles. The summed E-state index contributed by atoms with van der Waals surface area (Å²) in [7, 11) is 0. The third-order valence-corrected chi connectivity index (χ3v) is 5.36. The molecule has 3 rings (SSSR count). The Morgan fingerprint density at radius 1 is 1.35 bits per heavy atom. The molecule has 20 heavy (non-hydrogen) atoms. The first kappa shape index (κ1) is 14.2. The Labute approximate surface area is 126 Å². The maximum absolute atomic E-state index is 6.42. The van der Waals surface area contributed by atoms with Gasteiger partial charge >= 0.3 is 0 Å². The maximum Gasteiger partial charge on any atom is 0.125 e. The number of nitrogens with two attached hydrogens (primary N) is 1. The van der Waals surface area contributed by atoms with Gasteiger partial charge in [-0.15, -0.1) is 0 Å². The van der Waals surface area contributed by atoms with Crippen molar-refractivity contribution in [3.63, 3.8) is 0 Å². The van der Waals surface area contributed by atoms with Gasteiger partial charge in [-0.2, -0.15) is 0 Å². The minimum Gasteiger partial charge on any atom is -0.487 e. The topological polar surface area (TPSA) is 35.2 Å². The zero-order valence-corrected chi connectivity index (χ0v) is 13.0. The highest BCUT2D eigenvalue weighted by atomic mass is 35.5. The lowest BCUT2D eigenvalue weighted by molar-refractivity contribution is 0.0203. The highest BCUT2D eigenvalue weighted by molar-refractivity contribution is 6.30. The highest BCUT2D eigenvalue weighted by Crippen LogP contribution is 2.46. The van der Waals surface area contributed by atoms with Gasteiger partial charge in [0.15, 0.2) is 0 Å². The van der Waals surface area contributed by atoms with Gasteiger partial charge in [0.25, 0.3) is 0 Å². The fourth-order valence-corrected chi connectivity index (χ4v) is 4.03. The zero-order valence-electron chi connectivity index (χ0n) is 12.2. The number of halogens is 1. The summed E-state index contributed by atoms with van der Waals surface area (Å²) in [4.78, 5) is 0. The van der Waals surface area contributed by atoms with Crippen molar-refractivity contribution in [1.82, 2.24) is 0 Å². The molecule has 3 atom stereocenters. The van der Waals surface area contributed by atoms with Crippen LogP contribution < -0.4 is 10.5 Å². The number of benzene rings is 1. The Morgan fingerprint density at radius 2 is 2.20 bits per heavy atom. The van der Waals surface area contributed by atoms with Crippen LogP contribution in [0.1, 0.15) is 63.5 Å². The molecule has 1 aliphatic carbocycles. The van der Waals surface area contributed by atoms with Gasteiger partial charge in [0.2, 0.25) is 0 Å². The van der Waals surface area contributed by atoms with Crippen LogP contribution in [-0.4, -0.2) is 5.60 Å². The molecule has 1 aromatic carbocycles. The second kappa shape index (κ2) is 5.57. The van der Waals surface area contributed by atoms with Gasteiger partial charge in [-0.05, 0) is 49.8 Å². The third-order valence-electron chi connectivity index (χ3n) is 5.12. The van der Waals surface area contributed by atoms with Gasteiger partial charge in [0.1, 0.15) is 11.4 Å². The van der Waals surface area contributed by atoms with Crippen LogP contribution in [0, 0.1) is 5.92 Å². The van der Waals surface area contributed by atoms with E-state index in [9.17, 15) is 0 Å². The summed E-state index contributed by atoms with van der Waals surface area (Å²) in [5, 5.41) is 0.741. The Balaban J connectivity index is 1.85. The molecule has 3 unspecified atom stereocenters. The van der Waals surface area contributed by atoms with Crippen molar-refractivity contribution < 1.29 is 4.74 Å². The third kappa shape index (κ3) is 2.68. The summed E-state index contributed by atoms with van der Waals surface area (Å²) in [5.41, 5.74) is 7.43. The van der Waals surface area contributed by atoms with Crippen LogP contribution in [-0.2, 0) is 0 Å². The lowest BCUT2D eigenvalue weighted by atomic mass is 9.82. The van der Waals surface area contributed by atoms with Gasteiger partial charge < -0.3 is 10.5 Å². The van der Waals surface area contributed by atoms with Crippen molar-refractivity contribution in [3.8, 4) is 5.75 Å². The monoisotopic (exact) mass is 293 g/mol. The molecule has 2 nitrogen and oxygen atoms in total. The summed E-state index contributed by atoms with van der Waals surface area (Å²) < 4.78 is 6.42. The standard InChI is InChI=1S/C17H24ClNO/c1-2-12-4-3-8-17(9-7-12)11-15(19)14-10-13(18)5-6-16(14)20-17/h5-6,10,12,15H,2-4,7-9,11,19H2,1H3. The van der Waals surface area contributed by atoms with Crippen LogP contribution in [0.15, 0.2) is 18.2 Å². The van der Waals surface area contributed by atoms with Gasteiger partial charge in [-0.1, -0.05) is 31.4 Å². The predicted octanol–water partition coefficient (Wildman–Crippen LogP) is 4.85. The van der Waals surface area contributed by atoms with E-state index in [1.165, 1.54) is 25.7 Å². The Hall–Kier alpha value is -0.730. The smallest absolute Gasteiger partial charge is 0.125 e. The number of rotatable bonds is 1. The molecule has 3 heteroatoms. The molecule has 1 saturated carbocycles. The van der Waals surface area contributed by atoms with Gasteiger partial charge in [0, 0.05) is 23.0 Å². The lowest BCUT2D eigenvalue weighted by Crippen LogP contribution is -2.42. The first-order valence-corrected chi connectivity index (χ1v) is 8.24. The molecule has 1 spiro atoms. The summed E-state index contributed by atoms with van der Waals surface area (Å²) >= 11 is 6.07. The molecule has 0 saturated heterocycles. The summed E-state index contributed by atoms with van der Waals surface area (Å²) in [6, 6.07) is 5.90. The van der Waals surface area contributed by atoms with Gasteiger partial charge in [-0.25, -0.2) is 0 Å². The number of hydrogen-bond acceptors (Lipinski definition) is 2. The fourth-order valence-electron chi connectivity index (χ4n) is 3.85. The van der Waals surface area contributed by atoms with E-state index in [0.717, 1.165) is 41.5 Å². The molecule has 1 heterocycles. The SMILES string of the molecule is CCC1CCCC2(CC1)CC(N)c1cc(Cl)ccc1O2. The van der Waals surface area contributed by atoms with Crippen LogP contribution in [0.3, 0.4) is 0 Å². The molecule has 1 fully saturated rings. The van der Waals surface area contributed by atoms with Crippen LogP contribution in [0.25, 0.3) is 0 Å². The van der Waals surface area contributed by atoms with E-state index < -0.39 is 0 Å². The minimum atomic E-state index is -0.0375. The molecule has 110 valence electrons. The fraction of sp³-hybridized carbons (Fsp3) is 0.647. The van der Waals surface area contributed by atoms with Crippen LogP contribution in [0.4, 0.5) is 0 Å². The van der Waals surface area contributed by atoms with Crippen molar-refractivity contribution in [1.29, 1.82) is 0 Å². The van der Waals surface area contributed by atoms with Gasteiger partial charge in [0.05, 0.1) is 0 Å². The van der Waals surface area contributed by atoms with Crippen molar-refractivity contribution in [2.24, 2.45) is 11.7 Å². The highest BCUT2D eigenvalue weighted by Gasteiger charge is 2.40. The molecule has 0 amide bonds. The molecular formula is C17H24ClNO.